The highest BCUT2D eigenvalue weighted by atomic mass is 35.5. The first-order valence-electron chi connectivity index (χ1n) is 6.50. The topological polar surface area (TPSA) is 20.3 Å². The van der Waals surface area contributed by atoms with Crippen LogP contribution in [0.2, 0.25) is 10.0 Å². The predicted octanol–water partition coefficient (Wildman–Crippen LogP) is 4.39. The standard InChI is InChI=1S/C16H12Cl2FNO/c17-12-3-1-10(2-4-12)7-20-8-11-5-13(19)6-14(18)16(11)15(20)9-21/h1-6,9,15H,7-8H2. The van der Waals surface area contributed by atoms with Crippen LogP contribution < -0.4 is 0 Å². The Bertz CT molecular complexity index is 687. The Hall–Kier alpha value is -1.42. The van der Waals surface area contributed by atoms with Gasteiger partial charge in [0.25, 0.3) is 0 Å². The van der Waals surface area contributed by atoms with E-state index in [4.69, 9.17) is 23.2 Å². The van der Waals surface area contributed by atoms with E-state index in [1.165, 1.54) is 12.1 Å². The summed E-state index contributed by atoms with van der Waals surface area (Å²) in [6, 6.07) is 9.70. The van der Waals surface area contributed by atoms with Crippen molar-refractivity contribution in [2.45, 2.75) is 19.1 Å². The molecule has 108 valence electrons. The van der Waals surface area contributed by atoms with Gasteiger partial charge in [0.2, 0.25) is 0 Å². The van der Waals surface area contributed by atoms with Gasteiger partial charge in [0.15, 0.2) is 0 Å². The fourth-order valence-electron chi connectivity index (χ4n) is 2.73. The Labute approximate surface area is 132 Å². The van der Waals surface area contributed by atoms with Gasteiger partial charge in [-0.1, -0.05) is 35.3 Å². The van der Waals surface area contributed by atoms with Gasteiger partial charge in [-0.25, -0.2) is 4.39 Å². The average molecular weight is 324 g/mol. The Morgan fingerprint density at radius 1 is 1.24 bits per heavy atom. The first-order chi connectivity index (χ1) is 10.1. The quantitative estimate of drug-likeness (QED) is 0.781. The normalized spacial score (nSPS) is 17.8. The number of nitrogens with zero attached hydrogens (tertiary/aromatic N) is 1. The lowest BCUT2D eigenvalue weighted by Crippen LogP contribution is -2.22. The van der Waals surface area contributed by atoms with Gasteiger partial charge >= 0.3 is 0 Å². The molecular formula is C16H12Cl2FNO. The molecule has 0 amide bonds. The number of fused-ring (bicyclic) bond motifs is 1. The Kier molecular flexibility index (Phi) is 3.98. The van der Waals surface area contributed by atoms with Crippen LogP contribution in [0.25, 0.3) is 0 Å². The van der Waals surface area contributed by atoms with Gasteiger partial charge < -0.3 is 4.79 Å². The Morgan fingerprint density at radius 3 is 2.62 bits per heavy atom. The van der Waals surface area contributed by atoms with E-state index >= 15 is 0 Å². The third-order valence-electron chi connectivity index (χ3n) is 3.67. The van der Waals surface area contributed by atoms with E-state index in [2.05, 4.69) is 0 Å². The highest BCUT2D eigenvalue weighted by Gasteiger charge is 2.32. The monoisotopic (exact) mass is 323 g/mol. The fourth-order valence-corrected chi connectivity index (χ4v) is 3.20. The summed E-state index contributed by atoms with van der Waals surface area (Å²) >= 11 is 12.0. The molecule has 3 rings (SSSR count). The predicted molar refractivity (Wildman–Crippen MR) is 80.9 cm³/mol. The van der Waals surface area contributed by atoms with Gasteiger partial charge in [-0.2, -0.15) is 0 Å². The molecule has 21 heavy (non-hydrogen) atoms. The number of halogens is 3. The van der Waals surface area contributed by atoms with Crippen molar-refractivity contribution in [3.8, 4) is 0 Å². The molecule has 5 heteroatoms. The molecule has 2 aromatic carbocycles. The van der Waals surface area contributed by atoms with Gasteiger partial charge in [0.1, 0.15) is 12.1 Å². The molecule has 0 aliphatic carbocycles. The second-order valence-corrected chi connectivity index (χ2v) is 5.92. The maximum Gasteiger partial charge on any atom is 0.141 e. The zero-order chi connectivity index (χ0) is 15.0. The van der Waals surface area contributed by atoms with Crippen LogP contribution in [0.1, 0.15) is 22.7 Å². The average Bonchev–Trinajstić information content (AvgIpc) is 2.78. The van der Waals surface area contributed by atoms with Crippen LogP contribution in [0.3, 0.4) is 0 Å². The first-order valence-corrected chi connectivity index (χ1v) is 7.25. The van der Waals surface area contributed by atoms with Gasteiger partial charge in [-0.15, -0.1) is 0 Å². The van der Waals surface area contributed by atoms with E-state index in [1.807, 2.05) is 29.2 Å². The lowest BCUT2D eigenvalue weighted by Gasteiger charge is -2.20. The van der Waals surface area contributed by atoms with Crippen molar-refractivity contribution in [1.82, 2.24) is 4.90 Å². The number of hydrogen-bond donors (Lipinski definition) is 0. The van der Waals surface area contributed by atoms with Crippen LogP contribution >= 0.6 is 23.2 Å². The van der Waals surface area contributed by atoms with Crippen molar-refractivity contribution < 1.29 is 9.18 Å². The van der Waals surface area contributed by atoms with Crippen LogP contribution in [-0.2, 0) is 17.9 Å². The van der Waals surface area contributed by atoms with E-state index in [1.54, 1.807) is 0 Å². The van der Waals surface area contributed by atoms with Crippen LogP contribution in [0.4, 0.5) is 4.39 Å². The third-order valence-corrected chi connectivity index (χ3v) is 4.24. The summed E-state index contributed by atoms with van der Waals surface area (Å²) in [7, 11) is 0. The minimum absolute atomic E-state index is 0.306. The molecule has 2 aromatic rings. The molecule has 2 nitrogen and oxygen atoms in total. The molecular weight excluding hydrogens is 312 g/mol. The SMILES string of the molecule is O=CC1c2c(Cl)cc(F)cc2CN1Cc1ccc(Cl)cc1. The van der Waals surface area contributed by atoms with Crippen LogP contribution in [0.15, 0.2) is 36.4 Å². The number of benzene rings is 2. The molecule has 1 unspecified atom stereocenters. The van der Waals surface area contributed by atoms with Crippen molar-refractivity contribution >= 4 is 29.5 Å². The number of carbonyl (C=O) groups is 1. The molecule has 0 bridgehead atoms. The van der Waals surface area contributed by atoms with Crippen molar-refractivity contribution in [3.63, 3.8) is 0 Å². The van der Waals surface area contributed by atoms with E-state index in [-0.39, 0.29) is 5.82 Å². The second-order valence-electron chi connectivity index (χ2n) is 5.07. The van der Waals surface area contributed by atoms with Gasteiger partial charge in [0.05, 0.1) is 6.04 Å². The zero-order valence-corrected chi connectivity index (χ0v) is 12.5. The summed E-state index contributed by atoms with van der Waals surface area (Å²) in [5.41, 5.74) is 2.52. The summed E-state index contributed by atoms with van der Waals surface area (Å²) in [6.07, 6.45) is 0.853. The van der Waals surface area contributed by atoms with Crippen LogP contribution in [0.5, 0.6) is 0 Å². The molecule has 1 aliphatic heterocycles. The molecule has 0 radical (unpaired) electrons. The number of rotatable bonds is 3. The zero-order valence-electron chi connectivity index (χ0n) is 11.0. The van der Waals surface area contributed by atoms with Crippen LogP contribution in [-0.4, -0.2) is 11.2 Å². The minimum Gasteiger partial charge on any atom is -0.301 e. The molecule has 0 aromatic heterocycles. The molecule has 1 heterocycles. The molecule has 0 spiro atoms. The highest BCUT2D eigenvalue weighted by molar-refractivity contribution is 6.31. The number of carbonyl (C=O) groups excluding carboxylic acids is 1. The fraction of sp³-hybridized carbons (Fsp3) is 0.188. The van der Waals surface area contributed by atoms with Crippen molar-refractivity contribution in [1.29, 1.82) is 0 Å². The highest BCUT2D eigenvalue weighted by Crippen LogP contribution is 2.38. The van der Waals surface area contributed by atoms with Gasteiger partial charge in [0, 0.05) is 23.1 Å². The Morgan fingerprint density at radius 2 is 1.95 bits per heavy atom. The van der Waals surface area contributed by atoms with Gasteiger partial charge in [-0.05, 0) is 41.0 Å². The minimum atomic E-state index is -0.441. The van der Waals surface area contributed by atoms with E-state index in [0.29, 0.717) is 28.7 Å². The summed E-state index contributed by atoms with van der Waals surface area (Å²) in [4.78, 5) is 13.4. The maximum atomic E-state index is 13.4. The lowest BCUT2D eigenvalue weighted by molar-refractivity contribution is -0.112. The van der Waals surface area contributed by atoms with Crippen molar-refractivity contribution in [2.75, 3.05) is 0 Å². The van der Waals surface area contributed by atoms with E-state index < -0.39 is 6.04 Å². The summed E-state index contributed by atoms with van der Waals surface area (Å²) < 4.78 is 13.4. The summed E-state index contributed by atoms with van der Waals surface area (Å²) in [6.45, 7) is 1.08. The molecule has 0 saturated heterocycles. The molecule has 0 fully saturated rings. The lowest BCUT2D eigenvalue weighted by atomic mass is 10.1. The van der Waals surface area contributed by atoms with E-state index in [9.17, 15) is 9.18 Å². The van der Waals surface area contributed by atoms with E-state index in [0.717, 1.165) is 17.4 Å². The second kappa shape index (κ2) is 5.76. The Balaban J connectivity index is 1.90. The number of aldehydes is 1. The van der Waals surface area contributed by atoms with Crippen molar-refractivity contribution in [3.05, 3.63) is 69.0 Å². The largest absolute Gasteiger partial charge is 0.301 e. The molecule has 1 aliphatic rings. The summed E-state index contributed by atoms with van der Waals surface area (Å²) in [5.74, 6) is -0.378. The van der Waals surface area contributed by atoms with Gasteiger partial charge in [-0.3, -0.25) is 4.90 Å². The van der Waals surface area contributed by atoms with Crippen LogP contribution in [0, 0.1) is 5.82 Å². The smallest absolute Gasteiger partial charge is 0.141 e. The third kappa shape index (κ3) is 2.82. The summed E-state index contributed by atoms with van der Waals surface area (Å²) in [5, 5.41) is 0.973. The van der Waals surface area contributed by atoms with Crippen molar-refractivity contribution in [2.24, 2.45) is 0 Å². The maximum absolute atomic E-state index is 13.4. The molecule has 1 atom stereocenters. The molecule has 0 N–H and O–H groups in total. The number of hydrogen-bond acceptors (Lipinski definition) is 2. The first kappa shape index (κ1) is 14.5. The molecule has 0 saturated carbocycles.